The van der Waals surface area contributed by atoms with Crippen LogP contribution in [0.15, 0.2) is 65.0 Å². The van der Waals surface area contributed by atoms with Gasteiger partial charge in [-0.15, -0.1) is 0 Å². The van der Waals surface area contributed by atoms with E-state index in [1.165, 1.54) is 16.8 Å². The Kier molecular flexibility index (Phi) is 5.37. The first-order chi connectivity index (χ1) is 8.61. The zero-order valence-electron chi connectivity index (χ0n) is 11.6. The van der Waals surface area contributed by atoms with Crippen molar-refractivity contribution in [1.29, 1.82) is 0 Å². The number of rotatable bonds is 4. The minimum atomic E-state index is 0.827. The van der Waals surface area contributed by atoms with Crippen LogP contribution in [0.2, 0.25) is 0 Å². The molecule has 0 unspecified atom stereocenters. The molecule has 0 bridgehead atoms. The van der Waals surface area contributed by atoms with Crippen LogP contribution in [0, 0.1) is 0 Å². The van der Waals surface area contributed by atoms with E-state index in [9.17, 15) is 0 Å². The molecule has 1 aliphatic heterocycles. The van der Waals surface area contributed by atoms with Crippen LogP contribution in [0.4, 0.5) is 0 Å². The van der Waals surface area contributed by atoms with E-state index in [-0.39, 0.29) is 0 Å². The highest BCUT2D eigenvalue weighted by molar-refractivity contribution is 5.78. The number of hydrogen-bond donors (Lipinski definition) is 0. The Balaban J connectivity index is 3.09. The molecule has 0 fully saturated rings. The third-order valence-corrected chi connectivity index (χ3v) is 3.06. The smallest absolute Gasteiger partial charge is 0.0570 e. The van der Waals surface area contributed by atoms with Crippen LogP contribution in [0.3, 0.4) is 0 Å². The molecule has 96 valence electrons. The standard InChI is InChI=1S/C16H22N2/c1-6-8-16(9-7-2)14(4)15(5)18-11-10-17-12-13(18)3/h6-9,12H,1,3,10-11H2,2,4-5H3/b9-7-,15-14+,16-8+. The Labute approximate surface area is 110 Å². The maximum absolute atomic E-state index is 4.23. The Bertz CT molecular complexity index is 448. The third kappa shape index (κ3) is 3.33. The molecule has 18 heavy (non-hydrogen) atoms. The van der Waals surface area contributed by atoms with Crippen LogP contribution < -0.4 is 0 Å². The third-order valence-electron chi connectivity index (χ3n) is 3.06. The zero-order chi connectivity index (χ0) is 13.5. The second-order valence-electron chi connectivity index (χ2n) is 4.25. The minimum absolute atomic E-state index is 0.827. The maximum Gasteiger partial charge on any atom is 0.0570 e. The van der Waals surface area contributed by atoms with Crippen LogP contribution in [-0.4, -0.2) is 24.2 Å². The fourth-order valence-electron chi connectivity index (χ4n) is 1.95. The fourth-order valence-corrected chi connectivity index (χ4v) is 1.95. The summed E-state index contributed by atoms with van der Waals surface area (Å²) in [6, 6.07) is 0. The summed E-state index contributed by atoms with van der Waals surface area (Å²) in [6.45, 7) is 15.8. The monoisotopic (exact) mass is 242 g/mol. The molecular weight excluding hydrogens is 220 g/mol. The van der Waals surface area contributed by atoms with Gasteiger partial charge in [0.25, 0.3) is 0 Å². The van der Waals surface area contributed by atoms with Crippen molar-refractivity contribution in [2.75, 3.05) is 13.1 Å². The van der Waals surface area contributed by atoms with Gasteiger partial charge < -0.3 is 4.90 Å². The Morgan fingerprint density at radius 2 is 2.17 bits per heavy atom. The van der Waals surface area contributed by atoms with Crippen LogP contribution in [0.25, 0.3) is 0 Å². The summed E-state index contributed by atoms with van der Waals surface area (Å²) in [6.07, 6.45) is 9.82. The number of hydrogen-bond acceptors (Lipinski definition) is 2. The molecule has 0 spiro atoms. The summed E-state index contributed by atoms with van der Waals surface area (Å²) in [7, 11) is 0. The van der Waals surface area contributed by atoms with Gasteiger partial charge in [-0.3, -0.25) is 4.99 Å². The highest BCUT2D eigenvalue weighted by Crippen LogP contribution is 2.22. The van der Waals surface area contributed by atoms with Crippen LogP contribution in [-0.2, 0) is 0 Å². The van der Waals surface area contributed by atoms with Crippen LogP contribution in [0.5, 0.6) is 0 Å². The predicted molar refractivity (Wildman–Crippen MR) is 80.7 cm³/mol. The van der Waals surface area contributed by atoms with E-state index in [1.807, 2.05) is 31.4 Å². The molecule has 0 aromatic heterocycles. The quantitative estimate of drug-likeness (QED) is 0.683. The molecular formula is C16H22N2. The van der Waals surface area contributed by atoms with Crippen molar-refractivity contribution >= 4 is 6.21 Å². The topological polar surface area (TPSA) is 15.6 Å². The van der Waals surface area contributed by atoms with Crippen LogP contribution in [0.1, 0.15) is 20.8 Å². The second kappa shape index (κ2) is 6.80. The lowest BCUT2D eigenvalue weighted by molar-refractivity contribution is 0.446. The first-order valence-corrected chi connectivity index (χ1v) is 6.21. The molecule has 0 aromatic rings. The summed E-state index contributed by atoms with van der Waals surface area (Å²) in [4.78, 5) is 6.45. The van der Waals surface area contributed by atoms with E-state index >= 15 is 0 Å². The summed E-state index contributed by atoms with van der Waals surface area (Å²) in [5.41, 5.74) is 4.60. The molecule has 1 aliphatic rings. The van der Waals surface area contributed by atoms with Gasteiger partial charge in [0.15, 0.2) is 0 Å². The summed E-state index contributed by atoms with van der Waals surface area (Å²) in [5.74, 6) is 0. The van der Waals surface area contributed by atoms with E-state index in [0.717, 1.165) is 18.8 Å². The summed E-state index contributed by atoms with van der Waals surface area (Å²) >= 11 is 0. The lowest BCUT2D eigenvalue weighted by Crippen LogP contribution is -2.28. The van der Waals surface area contributed by atoms with E-state index in [2.05, 4.69) is 43.0 Å². The highest BCUT2D eigenvalue weighted by atomic mass is 15.2. The SMILES string of the molecule is C=C/C=C(\C=C/C)C(/C)=C(\C)N1CCN=CC1=C. The molecule has 1 rings (SSSR count). The average Bonchev–Trinajstić information content (AvgIpc) is 2.37. The molecule has 0 radical (unpaired) electrons. The van der Waals surface area contributed by atoms with Crippen molar-refractivity contribution in [3.8, 4) is 0 Å². The number of allylic oxidation sites excluding steroid dienone is 8. The minimum Gasteiger partial charge on any atom is -0.342 e. The summed E-state index contributed by atoms with van der Waals surface area (Å²) in [5, 5.41) is 0. The predicted octanol–water partition coefficient (Wildman–Crippen LogP) is 3.87. The van der Waals surface area contributed by atoms with Gasteiger partial charge in [-0.2, -0.15) is 0 Å². The van der Waals surface area contributed by atoms with Gasteiger partial charge in [0.05, 0.1) is 12.2 Å². The summed E-state index contributed by atoms with van der Waals surface area (Å²) < 4.78 is 0. The van der Waals surface area contributed by atoms with Crippen molar-refractivity contribution < 1.29 is 0 Å². The van der Waals surface area contributed by atoms with Crippen molar-refractivity contribution in [3.05, 3.63) is 60.0 Å². The van der Waals surface area contributed by atoms with Crippen molar-refractivity contribution in [2.45, 2.75) is 20.8 Å². The second-order valence-corrected chi connectivity index (χ2v) is 4.25. The van der Waals surface area contributed by atoms with Crippen molar-refractivity contribution in [2.24, 2.45) is 4.99 Å². The molecule has 0 aliphatic carbocycles. The zero-order valence-corrected chi connectivity index (χ0v) is 11.6. The molecule has 0 aromatic carbocycles. The lowest BCUT2D eigenvalue weighted by atomic mass is 10.0. The fraction of sp³-hybridized carbons (Fsp3) is 0.312. The average molecular weight is 242 g/mol. The molecule has 1 heterocycles. The molecule has 0 saturated carbocycles. The molecule has 0 saturated heterocycles. The first-order valence-electron chi connectivity index (χ1n) is 6.21. The van der Waals surface area contributed by atoms with E-state index < -0.39 is 0 Å². The van der Waals surface area contributed by atoms with Gasteiger partial charge in [-0.25, -0.2) is 0 Å². The van der Waals surface area contributed by atoms with Crippen molar-refractivity contribution in [3.63, 3.8) is 0 Å². The molecule has 2 nitrogen and oxygen atoms in total. The largest absolute Gasteiger partial charge is 0.342 e. The molecule has 2 heteroatoms. The Morgan fingerprint density at radius 1 is 1.44 bits per heavy atom. The van der Waals surface area contributed by atoms with E-state index in [1.54, 1.807) is 0 Å². The van der Waals surface area contributed by atoms with Crippen LogP contribution >= 0.6 is 0 Å². The Morgan fingerprint density at radius 3 is 2.72 bits per heavy atom. The van der Waals surface area contributed by atoms with E-state index in [4.69, 9.17) is 0 Å². The van der Waals surface area contributed by atoms with Gasteiger partial charge in [-0.1, -0.05) is 37.5 Å². The molecule has 0 amide bonds. The molecule has 0 N–H and O–H groups in total. The first kappa shape index (κ1) is 14.2. The number of aliphatic imine (C=N–C) groups is 1. The Hall–Kier alpha value is -1.83. The van der Waals surface area contributed by atoms with Gasteiger partial charge in [-0.05, 0) is 31.9 Å². The van der Waals surface area contributed by atoms with E-state index in [0.29, 0.717) is 0 Å². The van der Waals surface area contributed by atoms with Gasteiger partial charge in [0.2, 0.25) is 0 Å². The number of nitrogens with zero attached hydrogens (tertiary/aromatic N) is 2. The maximum atomic E-state index is 4.23. The normalized spacial score (nSPS) is 18.3. The van der Waals surface area contributed by atoms with Gasteiger partial charge in [0, 0.05) is 18.5 Å². The van der Waals surface area contributed by atoms with Gasteiger partial charge in [0.1, 0.15) is 0 Å². The lowest BCUT2D eigenvalue weighted by Gasteiger charge is -2.29. The highest BCUT2D eigenvalue weighted by Gasteiger charge is 2.14. The van der Waals surface area contributed by atoms with Gasteiger partial charge >= 0.3 is 0 Å². The molecule has 0 atom stereocenters. The van der Waals surface area contributed by atoms with Crippen molar-refractivity contribution in [1.82, 2.24) is 4.90 Å².